The van der Waals surface area contributed by atoms with Crippen LogP contribution in [0.1, 0.15) is 0 Å². The smallest absolute Gasteiger partial charge is 0.224 e. The van der Waals surface area contributed by atoms with Gasteiger partial charge in [-0.2, -0.15) is 0 Å². The third-order valence-corrected chi connectivity index (χ3v) is 4.67. The standard InChI is InChI=1S/C9H9N2O2S2/c1-2-10-15(12,13)9-11-7-5-3-4-6-8(7)14-9/h3-6,10H,1-2H2. The number of rotatable bonds is 3. The fraction of sp³-hybridized carbons (Fsp3) is 0.111. The fourth-order valence-corrected chi connectivity index (χ4v) is 3.35. The highest BCUT2D eigenvalue weighted by Crippen LogP contribution is 2.24. The summed E-state index contributed by atoms with van der Waals surface area (Å²) in [6.45, 7) is 3.56. The molecule has 0 atom stereocenters. The number of thiazole rings is 1. The second kappa shape index (κ2) is 3.88. The van der Waals surface area contributed by atoms with E-state index in [1.54, 1.807) is 6.07 Å². The maximum absolute atomic E-state index is 11.6. The lowest BCUT2D eigenvalue weighted by Crippen LogP contribution is -2.22. The molecule has 6 heteroatoms. The van der Waals surface area contributed by atoms with Gasteiger partial charge in [-0.3, -0.25) is 0 Å². The van der Waals surface area contributed by atoms with Crippen LogP contribution in [0.15, 0.2) is 28.6 Å². The van der Waals surface area contributed by atoms with Crippen molar-refractivity contribution >= 4 is 31.6 Å². The zero-order chi connectivity index (χ0) is 10.9. The molecule has 0 fully saturated rings. The second-order valence-electron chi connectivity index (χ2n) is 2.85. The number of aromatic nitrogens is 1. The van der Waals surface area contributed by atoms with Crippen molar-refractivity contribution in [1.29, 1.82) is 0 Å². The predicted octanol–water partition coefficient (Wildman–Crippen LogP) is 1.41. The van der Waals surface area contributed by atoms with Crippen LogP contribution in [0.2, 0.25) is 0 Å². The Morgan fingerprint density at radius 2 is 2.13 bits per heavy atom. The van der Waals surface area contributed by atoms with Crippen molar-refractivity contribution in [3.05, 3.63) is 31.2 Å². The molecular formula is C9H9N2O2S2. The number of hydrogen-bond donors (Lipinski definition) is 1. The van der Waals surface area contributed by atoms with Gasteiger partial charge < -0.3 is 0 Å². The number of nitrogens with one attached hydrogen (secondary N) is 1. The van der Waals surface area contributed by atoms with E-state index in [4.69, 9.17) is 0 Å². The van der Waals surface area contributed by atoms with E-state index >= 15 is 0 Å². The van der Waals surface area contributed by atoms with Gasteiger partial charge >= 0.3 is 0 Å². The SMILES string of the molecule is [CH2]CNS(=O)(=O)c1nc2ccccc2s1. The van der Waals surface area contributed by atoms with Gasteiger partial charge in [-0.25, -0.2) is 18.1 Å². The molecule has 0 saturated heterocycles. The molecule has 0 amide bonds. The molecule has 2 aromatic rings. The van der Waals surface area contributed by atoms with E-state index in [0.29, 0.717) is 5.52 Å². The van der Waals surface area contributed by atoms with Gasteiger partial charge in [-0.05, 0) is 19.1 Å². The summed E-state index contributed by atoms with van der Waals surface area (Å²) in [5, 5.41) is 0. The van der Waals surface area contributed by atoms with E-state index in [2.05, 4.69) is 16.6 Å². The Morgan fingerprint density at radius 3 is 2.80 bits per heavy atom. The molecule has 0 spiro atoms. The van der Waals surface area contributed by atoms with Crippen molar-refractivity contribution in [2.75, 3.05) is 6.54 Å². The summed E-state index contributed by atoms with van der Waals surface area (Å²) in [7, 11) is -3.48. The number of para-hydroxylation sites is 1. The molecule has 1 radical (unpaired) electrons. The van der Waals surface area contributed by atoms with E-state index in [1.807, 2.05) is 18.2 Å². The van der Waals surface area contributed by atoms with Crippen LogP contribution in [0.5, 0.6) is 0 Å². The van der Waals surface area contributed by atoms with E-state index in [0.717, 1.165) is 16.0 Å². The van der Waals surface area contributed by atoms with Gasteiger partial charge in [0.25, 0.3) is 10.0 Å². The summed E-state index contributed by atoms with van der Waals surface area (Å²) in [5.74, 6) is 0. The van der Waals surface area contributed by atoms with Crippen molar-refractivity contribution in [2.24, 2.45) is 0 Å². The Morgan fingerprint density at radius 1 is 1.40 bits per heavy atom. The monoisotopic (exact) mass is 241 g/mol. The fourth-order valence-electron chi connectivity index (χ4n) is 1.16. The molecule has 15 heavy (non-hydrogen) atoms. The summed E-state index contributed by atoms with van der Waals surface area (Å²) in [5.41, 5.74) is 0.701. The molecule has 1 aromatic carbocycles. The minimum absolute atomic E-state index is 0.0901. The largest absolute Gasteiger partial charge is 0.267 e. The third-order valence-electron chi connectivity index (χ3n) is 1.80. The highest BCUT2D eigenvalue weighted by Gasteiger charge is 2.17. The number of nitrogens with zero attached hydrogens (tertiary/aromatic N) is 1. The molecule has 2 rings (SSSR count). The number of sulfonamides is 1. The first-order valence-corrected chi connectivity index (χ1v) is 6.58. The van der Waals surface area contributed by atoms with Crippen LogP contribution in [0, 0.1) is 6.92 Å². The highest BCUT2D eigenvalue weighted by atomic mass is 32.2. The topological polar surface area (TPSA) is 59.1 Å². The van der Waals surface area contributed by atoms with Crippen molar-refractivity contribution in [2.45, 2.75) is 4.34 Å². The van der Waals surface area contributed by atoms with Gasteiger partial charge in [0.2, 0.25) is 4.34 Å². The first-order chi connectivity index (χ1) is 7.13. The quantitative estimate of drug-likeness (QED) is 0.884. The maximum Gasteiger partial charge on any atom is 0.267 e. The van der Waals surface area contributed by atoms with Gasteiger partial charge in [-0.1, -0.05) is 12.1 Å². The van der Waals surface area contributed by atoms with Crippen LogP contribution < -0.4 is 4.72 Å². The molecule has 1 aromatic heterocycles. The van der Waals surface area contributed by atoms with Crippen molar-refractivity contribution in [3.8, 4) is 0 Å². The maximum atomic E-state index is 11.6. The molecular weight excluding hydrogens is 232 g/mol. The molecule has 0 bridgehead atoms. The van der Waals surface area contributed by atoms with Gasteiger partial charge in [0, 0.05) is 6.54 Å². The van der Waals surface area contributed by atoms with Crippen molar-refractivity contribution in [1.82, 2.24) is 9.71 Å². The number of benzene rings is 1. The average Bonchev–Trinajstić information content (AvgIpc) is 2.61. The zero-order valence-electron chi connectivity index (χ0n) is 7.80. The van der Waals surface area contributed by atoms with Crippen molar-refractivity contribution < 1.29 is 8.42 Å². The molecule has 0 aliphatic rings. The number of hydrogen-bond acceptors (Lipinski definition) is 4. The zero-order valence-corrected chi connectivity index (χ0v) is 9.44. The van der Waals surface area contributed by atoms with E-state index in [1.165, 1.54) is 0 Å². The lowest BCUT2D eigenvalue weighted by Gasteiger charge is -1.97. The minimum atomic E-state index is -3.48. The Bertz CT molecular complexity index is 542. The molecule has 1 N–H and O–H groups in total. The Hall–Kier alpha value is -0.980. The van der Waals surface area contributed by atoms with Gasteiger partial charge in [0.05, 0.1) is 10.2 Å². The third kappa shape index (κ3) is 2.01. The Balaban J connectivity index is 2.54. The molecule has 79 valence electrons. The minimum Gasteiger partial charge on any atom is -0.224 e. The van der Waals surface area contributed by atoms with E-state index in [-0.39, 0.29) is 10.9 Å². The predicted molar refractivity (Wildman–Crippen MR) is 60.2 cm³/mol. The molecule has 0 aliphatic heterocycles. The second-order valence-corrected chi connectivity index (χ2v) is 5.82. The van der Waals surface area contributed by atoms with Crippen molar-refractivity contribution in [3.63, 3.8) is 0 Å². The van der Waals surface area contributed by atoms with Crippen LogP contribution in [-0.4, -0.2) is 19.9 Å². The molecule has 4 nitrogen and oxygen atoms in total. The van der Waals surface area contributed by atoms with Gasteiger partial charge in [0.15, 0.2) is 0 Å². The van der Waals surface area contributed by atoms with Crippen LogP contribution in [0.25, 0.3) is 10.2 Å². The van der Waals surface area contributed by atoms with Crippen LogP contribution >= 0.6 is 11.3 Å². The van der Waals surface area contributed by atoms with Gasteiger partial charge in [-0.15, -0.1) is 11.3 Å². The van der Waals surface area contributed by atoms with Crippen LogP contribution in [0.3, 0.4) is 0 Å². The lowest BCUT2D eigenvalue weighted by molar-refractivity contribution is 0.585. The summed E-state index contributed by atoms with van der Waals surface area (Å²) in [4.78, 5) is 4.04. The first kappa shape index (κ1) is 10.5. The first-order valence-electron chi connectivity index (χ1n) is 4.28. The van der Waals surface area contributed by atoms with E-state index in [9.17, 15) is 8.42 Å². The Labute approximate surface area is 92.0 Å². The molecule has 0 unspecified atom stereocenters. The lowest BCUT2D eigenvalue weighted by atomic mass is 10.3. The van der Waals surface area contributed by atoms with Crippen LogP contribution in [-0.2, 0) is 10.0 Å². The molecule has 0 saturated carbocycles. The Kier molecular flexibility index (Phi) is 2.72. The number of fused-ring (bicyclic) bond motifs is 1. The van der Waals surface area contributed by atoms with Crippen LogP contribution in [0.4, 0.5) is 0 Å². The summed E-state index contributed by atoms with van der Waals surface area (Å²) in [6.07, 6.45) is 0. The summed E-state index contributed by atoms with van der Waals surface area (Å²) < 4.78 is 26.5. The summed E-state index contributed by atoms with van der Waals surface area (Å²) >= 11 is 1.15. The summed E-state index contributed by atoms with van der Waals surface area (Å²) in [6, 6.07) is 7.31. The van der Waals surface area contributed by atoms with Gasteiger partial charge in [0.1, 0.15) is 0 Å². The normalized spacial score (nSPS) is 12.1. The molecule has 0 aliphatic carbocycles. The highest BCUT2D eigenvalue weighted by molar-refractivity contribution is 7.91. The average molecular weight is 241 g/mol. The van der Waals surface area contributed by atoms with E-state index < -0.39 is 10.0 Å². The molecule has 1 heterocycles.